The number of hydrogen-bond acceptors (Lipinski definition) is 4. The molecule has 0 radical (unpaired) electrons. The molecule has 0 aliphatic carbocycles. The Balaban J connectivity index is 1.77. The van der Waals surface area contributed by atoms with Gasteiger partial charge >= 0.3 is 6.18 Å². The summed E-state index contributed by atoms with van der Waals surface area (Å²) in [4.78, 5) is 25.4. The fourth-order valence-electron chi connectivity index (χ4n) is 3.17. The van der Waals surface area contributed by atoms with E-state index in [0.717, 1.165) is 12.1 Å². The highest BCUT2D eigenvalue weighted by molar-refractivity contribution is 7.89. The summed E-state index contributed by atoms with van der Waals surface area (Å²) in [5, 5.41) is 2.36. The van der Waals surface area contributed by atoms with Crippen LogP contribution in [-0.4, -0.2) is 55.6 Å². The van der Waals surface area contributed by atoms with Gasteiger partial charge in [-0.15, -0.1) is 0 Å². The first-order valence-electron chi connectivity index (χ1n) is 9.33. The Labute approximate surface area is 177 Å². The molecule has 1 N–H and O–H groups in total. The summed E-state index contributed by atoms with van der Waals surface area (Å²) in [5.74, 6) is -0.872. The fourth-order valence-corrected chi connectivity index (χ4v) is 4.64. The summed E-state index contributed by atoms with van der Waals surface area (Å²) in [6.07, 6.45) is -4.55. The zero-order valence-electron chi connectivity index (χ0n) is 16.5. The molecular formula is C20H20F3N3O4S. The van der Waals surface area contributed by atoms with Crippen LogP contribution in [0.3, 0.4) is 0 Å². The van der Waals surface area contributed by atoms with E-state index in [-0.39, 0.29) is 48.2 Å². The molecule has 2 aromatic carbocycles. The van der Waals surface area contributed by atoms with Crippen LogP contribution >= 0.6 is 0 Å². The molecule has 1 fully saturated rings. The number of hydrogen-bond donors (Lipinski definition) is 1. The van der Waals surface area contributed by atoms with E-state index in [9.17, 15) is 31.2 Å². The Hall–Kier alpha value is -2.92. The molecule has 0 aromatic heterocycles. The maximum atomic E-state index is 12.9. The zero-order chi connectivity index (χ0) is 22.8. The Bertz CT molecular complexity index is 1090. The van der Waals surface area contributed by atoms with Crippen LogP contribution < -0.4 is 5.32 Å². The van der Waals surface area contributed by atoms with Crippen molar-refractivity contribution in [3.63, 3.8) is 0 Å². The highest BCUT2D eigenvalue weighted by Gasteiger charge is 2.31. The standard InChI is InChI=1S/C20H20F3N3O4S/c1-14(27)25-8-10-26(11-9-25)31(29,30)18-7-2-4-15(12-18)19(28)24-17-6-3-5-16(13-17)20(21,22)23/h2-7,12-13H,8-11H2,1H3,(H,24,28). The van der Waals surface area contributed by atoms with Crippen LogP contribution in [0.2, 0.25) is 0 Å². The Morgan fingerprint density at radius 1 is 0.968 bits per heavy atom. The molecule has 11 heteroatoms. The van der Waals surface area contributed by atoms with Crippen molar-refractivity contribution in [2.75, 3.05) is 31.5 Å². The molecule has 166 valence electrons. The van der Waals surface area contributed by atoms with Gasteiger partial charge in [0, 0.05) is 44.4 Å². The Morgan fingerprint density at radius 2 is 1.61 bits per heavy atom. The van der Waals surface area contributed by atoms with Crippen LogP contribution in [0.5, 0.6) is 0 Å². The summed E-state index contributed by atoms with van der Waals surface area (Å²) < 4.78 is 65.6. The van der Waals surface area contributed by atoms with Gasteiger partial charge in [0.2, 0.25) is 15.9 Å². The van der Waals surface area contributed by atoms with Gasteiger partial charge in [-0.3, -0.25) is 9.59 Å². The Morgan fingerprint density at radius 3 is 2.23 bits per heavy atom. The number of carbonyl (C=O) groups is 2. The number of nitrogens with zero attached hydrogens (tertiary/aromatic N) is 2. The van der Waals surface area contributed by atoms with Crippen molar-refractivity contribution in [1.29, 1.82) is 0 Å². The lowest BCUT2D eigenvalue weighted by Gasteiger charge is -2.33. The molecule has 0 atom stereocenters. The zero-order valence-corrected chi connectivity index (χ0v) is 17.3. The molecule has 0 bridgehead atoms. The molecule has 31 heavy (non-hydrogen) atoms. The average Bonchev–Trinajstić information content (AvgIpc) is 2.73. The lowest BCUT2D eigenvalue weighted by atomic mass is 10.1. The largest absolute Gasteiger partial charge is 0.416 e. The molecule has 3 rings (SSSR count). The molecule has 1 aliphatic heterocycles. The second kappa shape index (κ2) is 8.67. The molecule has 2 aromatic rings. The SMILES string of the molecule is CC(=O)N1CCN(S(=O)(=O)c2cccc(C(=O)Nc3cccc(C(F)(F)F)c3)c2)CC1. The van der Waals surface area contributed by atoms with E-state index in [4.69, 9.17) is 0 Å². The molecule has 7 nitrogen and oxygen atoms in total. The first kappa shape index (κ1) is 22.8. The number of carbonyl (C=O) groups excluding carboxylic acids is 2. The number of halogens is 3. The van der Waals surface area contributed by atoms with Crippen molar-refractivity contribution in [2.45, 2.75) is 18.0 Å². The van der Waals surface area contributed by atoms with Gasteiger partial charge < -0.3 is 10.2 Å². The number of rotatable bonds is 4. The van der Waals surface area contributed by atoms with Crippen molar-refractivity contribution in [1.82, 2.24) is 9.21 Å². The normalized spacial score (nSPS) is 15.5. The number of sulfonamides is 1. The van der Waals surface area contributed by atoms with E-state index in [1.165, 1.54) is 47.6 Å². The van der Waals surface area contributed by atoms with E-state index in [1.54, 1.807) is 4.90 Å². The lowest BCUT2D eigenvalue weighted by Crippen LogP contribution is -2.49. The van der Waals surface area contributed by atoms with Crippen LogP contribution in [-0.2, 0) is 21.0 Å². The summed E-state index contributed by atoms with van der Waals surface area (Å²) >= 11 is 0. The van der Waals surface area contributed by atoms with Crippen molar-refractivity contribution < 1.29 is 31.2 Å². The van der Waals surface area contributed by atoms with Gasteiger partial charge in [-0.05, 0) is 36.4 Å². The minimum Gasteiger partial charge on any atom is -0.340 e. The molecule has 0 saturated carbocycles. The number of nitrogens with one attached hydrogen (secondary N) is 1. The first-order chi connectivity index (χ1) is 14.5. The van der Waals surface area contributed by atoms with Gasteiger partial charge in [0.05, 0.1) is 10.5 Å². The third kappa shape index (κ3) is 5.23. The quantitative estimate of drug-likeness (QED) is 0.768. The van der Waals surface area contributed by atoms with Gasteiger partial charge in [0.15, 0.2) is 0 Å². The molecule has 0 unspecified atom stereocenters. The number of piperazine rings is 1. The molecule has 1 saturated heterocycles. The summed E-state index contributed by atoms with van der Waals surface area (Å²) in [6.45, 7) is 2.20. The average molecular weight is 455 g/mol. The van der Waals surface area contributed by atoms with Gasteiger partial charge in [0.1, 0.15) is 0 Å². The number of benzene rings is 2. The Kier molecular flexibility index (Phi) is 6.37. The van der Waals surface area contributed by atoms with Crippen LogP contribution in [0.1, 0.15) is 22.8 Å². The van der Waals surface area contributed by atoms with Crippen LogP contribution in [0.4, 0.5) is 18.9 Å². The van der Waals surface area contributed by atoms with Gasteiger partial charge in [-0.25, -0.2) is 8.42 Å². The number of amides is 2. The molecule has 0 spiro atoms. The van der Waals surface area contributed by atoms with E-state index >= 15 is 0 Å². The second-order valence-electron chi connectivity index (χ2n) is 6.97. The van der Waals surface area contributed by atoms with Gasteiger partial charge in [-0.2, -0.15) is 17.5 Å². The van der Waals surface area contributed by atoms with Crippen LogP contribution in [0.15, 0.2) is 53.4 Å². The predicted octanol–water partition coefficient (Wildman–Crippen LogP) is 2.81. The minimum atomic E-state index is -4.55. The van der Waals surface area contributed by atoms with Crippen molar-refractivity contribution in [2.24, 2.45) is 0 Å². The molecular weight excluding hydrogens is 435 g/mol. The third-order valence-corrected chi connectivity index (χ3v) is 6.76. The minimum absolute atomic E-state index is 0.0131. The highest BCUT2D eigenvalue weighted by Crippen LogP contribution is 2.30. The second-order valence-corrected chi connectivity index (χ2v) is 8.91. The maximum Gasteiger partial charge on any atom is 0.416 e. The molecule has 1 aliphatic rings. The van der Waals surface area contributed by atoms with Crippen molar-refractivity contribution in [3.8, 4) is 0 Å². The van der Waals surface area contributed by atoms with E-state index in [2.05, 4.69) is 5.32 Å². The van der Waals surface area contributed by atoms with Gasteiger partial charge in [-0.1, -0.05) is 12.1 Å². The monoisotopic (exact) mass is 455 g/mol. The van der Waals surface area contributed by atoms with E-state index in [1.807, 2.05) is 0 Å². The molecule has 2 amide bonds. The van der Waals surface area contributed by atoms with Gasteiger partial charge in [0.25, 0.3) is 5.91 Å². The summed E-state index contributed by atoms with van der Waals surface area (Å²) in [6, 6.07) is 9.43. The maximum absolute atomic E-state index is 12.9. The van der Waals surface area contributed by atoms with Crippen LogP contribution in [0.25, 0.3) is 0 Å². The summed E-state index contributed by atoms with van der Waals surface area (Å²) in [5.41, 5.74) is -0.986. The lowest BCUT2D eigenvalue weighted by molar-refractivity contribution is -0.137. The highest BCUT2D eigenvalue weighted by atomic mass is 32.2. The first-order valence-corrected chi connectivity index (χ1v) is 10.8. The topological polar surface area (TPSA) is 86.8 Å². The smallest absolute Gasteiger partial charge is 0.340 e. The van der Waals surface area contributed by atoms with E-state index in [0.29, 0.717) is 0 Å². The fraction of sp³-hybridized carbons (Fsp3) is 0.300. The van der Waals surface area contributed by atoms with E-state index < -0.39 is 27.7 Å². The van der Waals surface area contributed by atoms with Crippen molar-refractivity contribution >= 4 is 27.5 Å². The predicted molar refractivity (Wildman–Crippen MR) is 107 cm³/mol. The van der Waals surface area contributed by atoms with Crippen molar-refractivity contribution in [3.05, 3.63) is 59.7 Å². The summed E-state index contributed by atoms with van der Waals surface area (Å²) in [7, 11) is -3.90. The van der Waals surface area contributed by atoms with Crippen LogP contribution in [0, 0.1) is 0 Å². The number of anilines is 1. The third-order valence-electron chi connectivity index (χ3n) is 4.87. The number of alkyl halides is 3. The molecule has 1 heterocycles.